The Morgan fingerprint density at radius 1 is 1.41 bits per heavy atom. The van der Waals surface area contributed by atoms with Crippen LogP contribution in [0.2, 0.25) is 0 Å². The van der Waals surface area contributed by atoms with Crippen LogP contribution in [0.4, 0.5) is 0 Å². The number of nitrogens with one attached hydrogen (secondary N) is 1. The highest BCUT2D eigenvalue weighted by molar-refractivity contribution is 6.27. The predicted octanol–water partition coefficient (Wildman–Crippen LogP) is 0.717. The molecule has 0 amide bonds. The van der Waals surface area contributed by atoms with Gasteiger partial charge in [0.2, 0.25) is 0 Å². The molecule has 1 N–H and O–H groups in total. The molecule has 1 unspecified atom stereocenters. The molecule has 0 aromatic heterocycles. The Bertz CT molecular complexity index is 450. The largest absolute Gasteiger partial charge is 0.361 e. The summed E-state index contributed by atoms with van der Waals surface area (Å²) in [6.45, 7) is 1.67. The number of rotatable bonds is 6. The van der Waals surface area contributed by atoms with E-state index >= 15 is 0 Å². The van der Waals surface area contributed by atoms with Crippen molar-refractivity contribution >= 4 is 17.8 Å². The van der Waals surface area contributed by atoms with Crippen LogP contribution in [0, 0.1) is 0 Å². The first-order valence-electron chi connectivity index (χ1n) is 5.18. The van der Waals surface area contributed by atoms with Crippen LogP contribution in [0.5, 0.6) is 0 Å². The maximum absolute atomic E-state index is 11.7. The van der Waals surface area contributed by atoms with Crippen molar-refractivity contribution in [3.8, 4) is 0 Å². The molecule has 17 heavy (non-hydrogen) atoms. The number of carbonyl (C=O) groups is 2. The smallest absolute Gasteiger partial charge is 0.324 e. The quantitative estimate of drug-likeness (QED) is 0.339. The molecule has 1 aromatic rings. The minimum Gasteiger partial charge on any atom is -0.361 e. The van der Waals surface area contributed by atoms with Gasteiger partial charge in [0, 0.05) is 5.56 Å². The monoisotopic (exact) mass is 231 g/mol. The number of Topliss-reactive ketones (excluding diaryl/α,β-unsaturated/α-hetero) is 2. The Morgan fingerprint density at radius 3 is 2.65 bits per heavy atom. The molecule has 0 spiro atoms. The third-order valence-electron chi connectivity index (χ3n) is 2.28. The summed E-state index contributed by atoms with van der Waals surface area (Å²) < 4.78 is 0. The van der Waals surface area contributed by atoms with Crippen molar-refractivity contribution in [3.05, 3.63) is 41.4 Å². The standard InChI is InChI=1S/C12H13N3O2/c1-9(11(16)8-15-13)14-7-12(17)10-5-3-2-4-6-10/h2-6,8-9,14H,7H2,1H3. The van der Waals surface area contributed by atoms with Crippen LogP contribution in [0.15, 0.2) is 30.3 Å². The molecule has 0 aliphatic carbocycles. The van der Waals surface area contributed by atoms with Crippen molar-refractivity contribution in [1.82, 2.24) is 5.32 Å². The van der Waals surface area contributed by atoms with E-state index in [1.807, 2.05) is 6.07 Å². The Kier molecular flexibility index (Phi) is 4.94. The lowest BCUT2D eigenvalue weighted by Gasteiger charge is -2.07. The molecule has 0 aliphatic heterocycles. The second kappa shape index (κ2) is 6.48. The second-order valence-corrected chi connectivity index (χ2v) is 3.54. The second-order valence-electron chi connectivity index (χ2n) is 3.54. The zero-order valence-corrected chi connectivity index (χ0v) is 9.46. The van der Waals surface area contributed by atoms with Gasteiger partial charge in [-0.25, -0.2) is 0 Å². The fourth-order valence-electron chi connectivity index (χ4n) is 1.24. The Labute approximate surface area is 99.1 Å². The average Bonchev–Trinajstić information content (AvgIpc) is 2.36. The molecule has 0 saturated carbocycles. The van der Waals surface area contributed by atoms with Crippen LogP contribution in [-0.4, -0.2) is 35.2 Å². The fraction of sp³-hybridized carbons (Fsp3) is 0.250. The lowest BCUT2D eigenvalue weighted by Crippen LogP contribution is -2.38. The van der Waals surface area contributed by atoms with E-state index in [1.54, 1.807) is 31.2 Å². The summed E-state index contributed by atoms with van der Waals surface area (Å²) in [4.78, 5) is 25.5. The van der Waals surface area contributed by atoms with Crippen molar-refractivity contribution in [2.45, 2.75) is 13.0 Å². The topological polar surface area (TPSA) is 82.6 Å². The zero-order valence-electron chi connectivity index (χ0n) is 9.46. The van der Waals surface area contributed by atoms with Crippen molar-refractivity contribution in [2.24, 2.45) is 0 Å². The number of hydrogen-bond acceptors (Lipinski definition) is 3. The van der Waals surface area contributed by atoms with E-state index in [-0.39, 0.29) is 18.1 Å². The van der Waals surface area contributed by atoms with Crippen molar-refractivity contribution in [3.63, 3.8) is 0 Å². The third kappa shape index (κ3) is 4.10. The van der Waals surface area contributed by atoms with Crippen LogP contribution in [-0.2, 0) is 4.79 Å². The number of benzene rings is 1. The molecule has 0 fully saturated rings. The predicted molar refractivity (Wildman–Crippen MR) is 62.9 cm³/mol. The minimum atomic E-state index is -0.557. The molecule has 1 rings (SSSR count). The van der Waals surface area contributed by atoms with Crippen molar-refractivity contribution in [2.75, 3.05) is 6.54 Å². The number of carbonyl (C=O) groups excluding carboxylic acids is 2. The van der Waals surface area contributed by atoms with Crippen LogP contribution in [0.3, 0.4) is 0 Å². The van der Waals surface area contributed by atoms with Crippen LogP contribution in [0.25, 0.3) is 5.53 Å². The molecule has 0 radical (unpaired) electrons. The van der Waals surface area contributed by atoms with E-state index < -0.39 is 6.04 Å². The number of ketones is 2. The first-order chi connectivity index (χ1) is 8.15. The van der Waals surface area contributed by atoms with Gasteiger partial charge < -0.3 is 5.53 Å². The van der Waals surface area contributed by atoms with Gasteiger partial charge in [0.25, 0.3) is 5.78 Å². The zero-order chi connectivity index (χ0) is 12.7. The molecule has 0 bridgehead atoms. The first kappa shape index (κ1) is 13.0. The van der Waals surface area contributed by atoms with Gasteiger partial charge in [-0.05, 0) is 6.92 Å². The highest BCUT2D eigenvalue weighted by Crippen LogP contribution is 1.99. The van der Waals surface area contributed by atoms with Gasteiger partial charge in [0.15, 0.2) is 5.78 Å². The van der Waals surface area contributed by atoms with E-state index in [1.165, 1.54) is 0 Å². The van der Waals surface area contributed by atoms with E-state index in [0.29, 0.717) is 5.56 Å². The van der Waals surface area contributed by atoms with Gasteiger partial charge >= 0.3 is 6.21 Å². The number of hydrogen-bond donors (Lipinski definition) is 1. The summed E-state index contributed by atoms with van der Waals surface area (Å²) in [6.07, 6.45) is 0.810. The normalized spacial score (nSPS) is 11.4. The van der Waals surface area contributed by atoms with Gasteiger partial charge in [-0.2, -0.15) is 4.79 Å². The Hall–Kier alpha value is -2.10. The summed E-state index contributed by atoms with van der Waals surface area (Å²) in [7, 11) is 0. The Balaban J connectivity index is 2.49. The fourth-order valence-corrected chi connectivity index (χ4v) is 1.24. The Morgan fingerprint density at radius 2 is 2.06 bits per heavy atom. The summed E-state index contributed by atoms with van der Waals surface area (Å²) in [5, 5.41) is 2.76. The van der Waals surface area contributed by atoms with Gasteiger partial charge in [0.05, 0.1) is 12.6 Å². The summed E-state index contributed by atoms with van der Waals surface area (Å²) >= 11 is 0. The summed E-state index contributed by atoms with van der Waals surface area (Å²) in [5.41, 5.74) is 8.79. The van der Waals surface area contributed by atoms with E-state index in [9.17, 15) is 9.59 Å². The van der Waals surface area contributed by atoms with Crippen LogP contribution < -0.4 is 5.32 Å². The molecule has 5 heteroatoms. The highest BCUT2D eigenvalue weighted by Gasteiger charge is 2.15. The molecule has 0 saturated heterocycles. The molecule has 0 aliphatic rings. The summed E-state index contributed by atoms with van der Waals surface area (Å²) in [5.74, 6) is -0.473. The average molecular weight is 231 g/mol. The molecule has 88 valence electrons. The first-order valence-corrected chi connectivity index (χ1v) is 5.18. The van der Waals surface area contributed by atoms with E-state index in [4.69, 9.17) is 5.53 Å². The van der Waals surface area contributed by atoms with Gasteiger partial charge in [-0.3, -0.25) is 14.9 Å². The lowest BCUT2D eigenvalue weighted by atomic mass is 10.1. The molecule has 1 atom stereocenters. The lowest BCUT2D eigenvalue weighted by molar-refractivity contribution is -0.117. The van der Waals surface area contributed by atoms with Gasteiger partial charge in [-0.15, -0.1) is 0 Å². The molecule has 5 nitrogen and oxygen atoms in total. The van der Waals surface area contributed by atoms with Crippen LogP contribution >= 0.6 is 0 Å². The number of nitrogens with zero attached hydrogens (tertiary/aromatic N) is 2. The molecular formula is C12H13N3O2. The van der Waals surface area contributed by atoms with E-state index in [0.717, 1.165) is 6.21 Å². The van der Waals surface area contributed by atoms with Crippen molar-refractivity contribution < 1.29 is 14.4 Å². The van der Waals surface area contributed by atoms with Gasteiger partial charge in [0.1, 0.15) is 0 Å². The third-order valence-corrected chi connectivity index (χ3v) is 2.28. The van der Waals surface area contributed by atoms with E-state index in [2.05, 4.69) is 10.1 Å². The summed E-state index contributed by atoms with van der Waals surface area (Å²) in [6, 6.07) is 8.25. The molecule has 1 aromatic carbocycles. The van der Waals surface area contributed by atoms with Crippen molar-refractivity contribution in [1.29, 1.82) is 0 Å². The maximum atomic E-state index is 11.7. The highest BCUT2D eigenvalue weighted by atomic mass is 16.1. The minimum absolute atomic E-state index is 0.0657. The SMILES string of the molecule is CC(NCC(=O)c1ccccc1)C(=O)C=[N+]=[N-]. The van der Waals surface area contributed by atoms with Gasteiger partial charge in [-0.1, -0.05) is 30.3 Å². The van der Waals surface area contributed by atoms with Crippen LogP contribution in [0.1, 0.15) is 17.3 Å². The maximum Gasteiger partial charge on any atom is 0.324 e. The molecular weight excluding hydrogens is 218 g/mol. The molecule has 0 heterocycles.